The van der Waals surface area contributed by atoms with E-state index in [4.69, 9.17) is 5.11 Å². The number of benzene rings is 1. The van der Waals surface area contributed by atoms with Crippen LogP contribution in [0.1, 0.15) is 18.1 Å². The number of fused-ring (bicyclic) bond motifs is 1. The van der Waals surface area contributed by atoms with Gasteiger partial charge in [0, 0.05) is 18.3 Å². The second kappa shape index (κ2) is 3.46. The Balaban J connectivity index is 1.98. The molecule has 16 heavy (non-hydrogen) atoms. The molecule has 0 aromatic heterocycles. The minimum Gasteiger partial charge on any atom is -0.392 e. The Hall–Kier alpha value is -1.61. The van der Waals surface area contributed by atoms with Crippen LogP contribution < -0.4 is 0 Å². The van der Waals surface area contributed by atoms with Crippen LogP contribution >= 0.6 is 0 Å². The summed E-state index contributed by atoms with van der Waals surface area (Å²) in [4.78, 5) is 6.76. The molecule has 2 aliphatic rings. The number of rotatable bonds is 2. The highest BCUT2D eigenvalue weighted by atomic mass is 16.3. The number of amidine groups is 1. The van der Waals surface area contributed by atoms with E-state index in [2.05, 4.69) is 16.8 Å². The van der Waals surface area contributed by atoms with Crippen LogP contribution in [0.5, 0.6) is 0 Å². The molecular weight excluding hydrogens is 200 g/mol. The van der Waals surface area contributed by atoms with Crippen LogP contribution in [0.3, 0.4) is 0 Å². The van der Waals surface area contributed by atoms with Crippen molar-refractivity contribution in [3.63, 3.8) is 0 Å². The topological polar surface area (TPSA) is 35.6 Å². The summed E-state index contributed by atoms with van der Waals surface area (Å²) in [5, 5.41) is 9.11. The van der Waals surface area contributed by atoms with Gasteiger partial charge in [-0.3, -0.25) is 0 Å². The SMILES string of the molecule is CC1=CN=C(c2cccc(CO)c2)N2CC12. The van der Waals surface area contributed by atoms with Gasteiger partial charge in [0.05, 0.1) is 12.6 Å². The molecule has 82 valence electrons. The summed E-state index contributed by atoms with van der Waals surface area (Å²) in [6, 6.07) is 8.50. The van der Waals surface area contributed by atoms with Crippen LogP contribution in [-0.2, 0) is 6.61 Å². The van der Waals surface area contributed by atoms with Gasteiger partial charge in [-0.25, -0.2) is 4.99 Å². The fourth-order valence-corrected chi connectivity index (χ4v) is 2.14. The van der Waals surface area contributed by atoms with Crippen molar-refractivity contribution in [3.05, 3.63) is 47.2 Å². The van der Waals surface area contributed by atoms with E-state index >= 15 is 0 Å². The van der Waals surface area contributed by atoms with E-state index in [1.54, 1.807) is 0 Å². The maximum Gasteiger partial charge on any atom is 0.136 e. The molecule has 1 N–H and O–H groups in total. The predicted octanol–water partition coefficient (Wildman–Crippen LogP) is 1.53. The summed E-state index contributed by atoms with van der Waals surface area (Å²) in [6.07, 6.45) is 1.95. The largest absolute Gasteiger partial charge is 0.392 e. The van der Waals surface area contributed by atoms with E-state index in [1.165, 1.54) is 5.57 Å². The van der Waals surface area contributed by atoms with Crippen LogP contribution in [-0.4, -0.2) is 28.4 Å². The zero-order valence-corrected chi connectivity index (χ0v) is 9.22. The Bertz CT molecular complexity index is 490. The van der Waals surface area contributed by atoms with Crippen molar-refractivity contribution in [3.8, 4) is 0 Å². The van der Waals surface area contributed by atoms with Gasteiger partial charge in [0.25, 0.3) is 0 Å². The van der Waals surface area contributed by atoms with Crippen molar-refractivity contribution in [2.24, 2.45) is 4.99 Å². The molecule has 0 saturated carbocycles. The summed E-state index contributed by atoms with van der Waals surface area (Å²) in [7, 11) is 0. The first-order valence-electron chi connectivity index (χ1n) is 5.51. The second-order valence-corrected chi connectivity index (χ2v) is 4.35. The van der Waals surface area contributed by atoms with Crippen molar-refractivity contribution in [1.82, 2.24) is 4.90 Å². The van der Waals surface area contributed by atoms with E-state index in [9.17, 15) is 0 Å². The van der Waals surface area contributed by atoms with Crippen molar-refractivity contribution in [1.29, 1.82) is 0 Å². The highest BCUT2D eigenvalue weighted by Crippen LogP contribution is 2.31. The molecule has 0 radical (unpaired) electrons. The Labute approximate surface area is 94.7 Å². The Kier molecular flexibility index (Phi) is 2.07. The highest BCUT2D eigenvalue weighted by molar-refractivity contribution is 6.02. The molecule has 3 nitrogen and oxygen atoms in total. The average Bonchev–Trinajstić information content (AvgIpc) is 3.10. The van der Waals surface area contributed by atoms with Crippen molar-refractivity contribution in [2.75, 3.05) is 6.54 Å². The first kappa shape index (κ1) is 9.60. The molecule has 0 bridgehead atoms. The lowest BCUT2D eigenvalue weighted by atomic mass is 10.1. The lowest BCUT2D eigenvalue weighted by molar-refractivity contribution is 0.282. The van der Waals surface area contributed by atoms with Crippen LogP contribution in [0.2, 0.25) is 0 Å². The Morgan fingerprint density at radius 3 is 3.19 bits per heavy atom. The normalized spacial score (nSPS) is 22.4. The highest BCUT2D eigenvalue weighted by Gasteiger charge is 2.40. The molecule has 0 aliphatic carbocycles. The number of aliphatic imine (C=N–C) groups is 1. The van der Waals surface area contributed by atoms with Gasteiger partial charge < -0.3 is 10.0 Å². The standard InChI is InChI=1S/C13H14N2O/c1-9-6-14-13(15-7-12(9)15)11-4-2-3-10(5-11)8-16/h2-6,12,16H,7-8H2,1H3. The molecule has 0 spiro atoms. The van der Waals surface area contributed by atoms with E-state index in [0.29, 0.717) is 6.04 Å². The summed E-state index contributed by atoms with van der Waals surface area (Å²) in [5.74, 6) is 1.03. The third kappa shape index (κ3) is 1.44. The number of aliphatic hydroxyl groups excluding tert-OH is 1. The maximum absolute atomic E-state index is 9.11. The number of hydrogen-bond acceptors (Lipinski definition) is 3. The minimum atomic E-state index is 0.0828. The fraction of sp³-hybridized carbons (Fsp3) is 0.308. The molecule has 1 aromatic rings. The molecule has 1 fully saturated rings. The van der Waals surface area contributed by atoms with E-state index < -0.39 is 0 Å². The third-order valence-electron chi connectivity index (χ3n) is 3.17. The zero-order chi connectivity index (χ0) is 11.1. The lowest BCUT2D eigenvalue weighted by Gasteiger charge is -2.14. The minimum absolute atomic E-state index is 0.0828. The zero-order valence-electron chi connectivity index (χ0n) is 9.22. The molecule has 1 aromatic carbocycles. The van der Waals surface area contributed by atoms with E-state index in [-0.39, 0.29) is 6.61 Å². The molecule has 2 aliphatic heterocycles. The molecule has 1 atom stereocenters. The third-order valence-corrected chi connectivity index (χ3v) is 3.17. The second-order valence-electron chi connectivity index (χ2n) is 4.35. The average molecular weight is 214 g/mol. The molecule has 1 unspecified atom stereocenters. The Morgan fingerprint density at radius 2 is 2.38 bits per heavy atom. The van der Waals surface area contributed by atoms with E-state index in [1.807, 2.05) is 30.5 Å². The first-order valence-corrected chi connectivity index (χ1v) is 5.51. The molecule has 2 heterocycles. The monoisotopic (exact) mass is 214 g/mol. The van der Waals surface area contributed by atoms with Gasteiger partial charge in [0.2, 0.25) is 0 Å². The van der Waals surface area contributed by atoms with Crippen LogP contribution in [0.25, 0.3) is 0 Å². The molecule has 0 amide bonds. The smallest absolute Gasteiger partial charge is 0.136 e. The lowest BCUT2D eigenvalue weighted by Crippen LogP contribution is -2.18. The predicted molar refractivity (Wildman–Crippen MR) is 63.2 cm³/mol. The Morgan fingerprint density at radius 1 is 1.50 bits per heavy atom. The van der Waals surface area contributed by atoms with Gasteiger partial charge >= 0.3 is 0 Å². The molecular formula is C13H14N2O. The fourth-order valence-electron chi connectivity index (χ4n) is 2.14. The van der Waals surface area contributed by atoms with Crippen LogP contribution in [0, 0.1) is 0 Å². The van der Waals surface area contributed by atoms with Crippen LogP contribution in [0.15, 0.2) is 41.0 Å². The van der Waals surface area contributed by atoms with Crippen molar-refractivity contribution < 1.29 is 5.11 Å². The van der Waals surface area contributed by atoms with Gasteiger partial charge in [-0.2, -0.15) is 0 Å². The molecule has 1 saturated heterocycles. The summed E-state index contributed by atoms with van der Waals surface area (Å²) in [6.45, 7) is 3.28. The quantitative estimate of drug-likeness (QED) is 0.758. The summed E-state index contributed by atoms with van der Waals surface area (Å²) < 4.78 is 0. The maximum atomic E-state index is 9.11. The summed E-state index contributed by atoms with van der Waals surface area (Å²) in [5.41, 5.74) is 3.37. The van der Waals surface area contributed by atoms with Crippen LogP contribution in [0.4, 0.5) is 0 Å². The molecule has 3 heteroatoms. The summed E-state index contributed by atoms with van der Waals surface area (Å²) >= 11 is 0. The first-order chi connectivity index (χ1) is 7.79. The van der Waals surface area contributed by atoms with Gasteiger partial charge in [-0.15, -0.1) is 0 Å². The van der Waals surface area contributed by atoms with Crippen molar-refractivity contribution >= 4 is 5.84 Å². The molecule has 3 rings (SSSR count). The van der Waals surface area contributed by atoms with E-state index in [0.717, 1.165) is 23.5 Å². The van der Waals surface area contributed by atoms with Gasteiger partial charge in [0.15, 0.2) is 0 Å². The number of hydrogen-bond donors (Lipinski definition) is 1. The van der Waals surface area contributed by atoms with Gasteiger partial charge in [0.1, 0.15) is 5.84 Å². The number of aliphatic hydroxyl groups is 1. The number of nitrogens with zero attached hydrogens (tertiary/aromatic N) is 2. The van der Waals surface area contributed by atoms with Gasteiger partial charge in [-0.05, 0) is 24.1 Å². The van der Waals surface area contributed by atoms with Crippen molar-refractivity contribution in [2.45, 2.75) is 19.6 Å². The van der Waals surface area contributed by atoms with Gasteiger partial charge in [-0.1, -0.05) is 18.2 Å².